The van der Waals surface area contributed by atoms with E-state index in [2.05, 4.69) is 22.6 Å². The Balaban J connectivity index is 2.54. The van der Waals surface area contributed by atoms with E-state index in [1.54, 1.807) is 19.1 Å². The van der Waals surface area contributed by atoms with E-state index in [4.69, 9.17) is 10.5 Å². The van der Waals surface area contributed by atoms with Gasteiger partial charge in [0.15, 0.2) is 5.78 Å². The fourth-order valence-electron chi connectivity index (χ4n) is 1.84. The maximum absolute atomic E-state index is 13.7. The fraction of sp³-hybridized carbons (Fsp3) is 0.133. The summed E-state index contributed by atoms with van der Waals surface area (Å²) < 4.78 is 19.8. The van der Waals surface area contributed by atoms with Gasteiger partial charge in [-0.05, 0) is 59.8 Å². The minimum atomic E-state index is -0.488. The van der Waals surface area contributed by atoms with E-state index in [1.807, 2.05) is 6.07 Å². The van der Waals surface area contributed by atoms with E-state index < -0.39 is 5.82 Å². The van der Waals surface area contributed by atoms with Crippen LogP contribution < -0.4 is 10.5 Å². The topological polar surface area (TPSA) is 52.3 Å². The van der Waals surface area contributed by atoms with Crippen molar-refractivity contribution in [3.63, 3.8) is 0 Å². The number of rotatable bonds is 3. The van der Waals surface area contributed by atoms with Gasteiger partial charge >= 0.3 is 0 Å². The molecule has 0 spiro atoms. The first-order valence-corrected chi connectivity index (χ1v) is 6.95. The molecule has 0 fully saturated rings. The zero-order chi connectivity index (χ0) is 14.9. The number of halogens is 2. The number of methoxy groups -OCH3 is 1. The van der Waals surface area contributed by atoms with Crippen molar-refractivity contribution in [2.75, 3.05) is 12.8 Å². The maximum Gasteiger partial charge on any atom is 0.196 e. The molecule has 5 heteroatoms. The molecule has 2 aromatic rings. The molecule has 0 aromatic heterocycles. The van der Waals surface area contributed by atoms with Gasteiger partial charge in [0, 0.05) is 20.4 Å². The standard InChI is InChI=1S/C15H13FINO2/c1-8-12(16)5-9(6-13(8)18)15(19)11-7-10(17)3-4-14(11)20-2/h3-7H,18H2,1-2H3. The Kier molecular flexibility index (Phi) is 4.27. The number of hydrogen-bond acceptors (Lipinski definition) is 3. The molecule has 3 nitrogen and oxygen atoms in total. The molecule has 0 radical (unpaired) electrons. The van der Waals surface area contributed by atoms with Crippen LogP contribution in [-0.2, 0) is 0 Å². The molecule has 0 unspecified atom stereocenters. The van der Waals surface area contributed by atoms with Crippen molar-refractivity contribution in [1.29, 1.82) is 0 Å². The third-order valence-corrected chi connectivity index (χ3v) is 3.72. The maximum atomic E-state index is 13.7. The Morgan fingerprint density at radius 3 is 2.60 bits per heavy atom. The van der Waals surface area contributed by atoms with E-state index >= 15 is 0 Å². The van der Waals surface area contributed by atoms with Gasteiger partial charge in [0.2, 0.25) is 0 Å². The summed E-state index contributed by atoms with van der Waals surface area (Å²) in [7, 11) is 1.49. The van der Waals surface area contributed by atoms with E-state index in [1.165, 1.54) is 19.2 Å². The van der Waals surface area contributed by atoms with Crippen molar-refractivity contribution in [3.8, 4) is 5.75 Å². The molecule has 0 aliphatic rings. The summed E-state index contributed by atoms with van der Waals surface area (Å²) in [6, 6.07) is 7.94. The third-order valence-electron chi connectivity index (χ3n) is 3.05. The van der Waals surface area contributed by atoms with Gasteiger partial charge in [-0.1, -0.05) is 0 Å². The Morgan fingerprint density at radius 2 is 2.00 bits per heavy atom. The highest BCUT2D eigenvalue weighted by Gasteiger charge is 2.17. The number of ether oxygens (including phenoxy) is 1. The molecule has 20 heavy (non-hydrogen) atoms. The molecule has 2 aromatic carbocycles. The van der Waals surface area contributed by atoms with E-state index in [-0.39, 0.29) is 17.0 Å². The predicted molar refractivity (Wildman–Crippen MR) is 84.7 cm³/mol. The summed E-state index contributed by atoms with van der Waals surface area (Å²) >= 11 is 2.10. The summed E-state index contributed by atoms with van der Waals surface area (Å²) in [5.41, 5.74) is 6.92. The molecule has 2 N–H and O–H groups in total. The minimum Gasteiger partial charge on any atom is -0.496 e. The van der Waals surface area contributed by atoms with Crippen LogP contribution in [0.4, 0.5) is 10.1 Å². The smallest absolute Gasteiger partial charge is 0.196 e. The summed E-state index contributed by atoms with van der Waals surface area (Å²) in [5.74, 6) is -0.348. The second-order valence-electron chi connectivity index (χ2n) is 4.35. The van der Waals surface area contributed by atoms with E-state index in [0.29, 0.717) is 16.9 Å². The molecule has 0 aliphatic heterocycles. The van der Waals surface area contributed by atoms with Crippen molar-refractivity contribution in [2.45, 2.75) is 6.92 Å². The second-order valence-corrected chi connectivity index (χ2v) is 5.59. The van der Waals surface area contributed by atoms with Crippen LogP contribution in [0.2, 0.25) is 0 Å². The van der Waals surface area contributed by atoms with Crippen LogP contribution in [0.1, 0.15) is 21.5 Å². The van der Waals surface area contributed by atoms with Crippen molar-refractivity contribution >= 4 is 34.1 Å². The fourth-order valence-corrected chi connectivity index (χ4v) is 2.34. The van der Waals surface area contributed by atoms with Crippen LogP contribution in [0, 0.1) is 16.3 Å². The quantitative estimate of drug-likeness (QED) is 0.500. The van der Waals surface area contributed by atoms with Crippen LogP contribution in [0.5, 0.6) is 5.75 Å². The number of anilines is 1. The molecular weight excluding hydrogens is 372 g/mol. The first-order chi connectivity index (χ1) is 9.43. The number of nitrogens with two attached hydrogens (primary N) is 1. The zero-order valence-electron chi connectivity index (χ0n) is 11.0. The largest absolute Gasteiger partial charge is 0.496 e. The van der Waals surface area contributed by atoms with Crippen LogP contribution in [0.25, 0.3) is 0 Å². The first kappa shape index (κ1) is 14.8. The lowest BCUT2D eigenvalue weighted by molar-refractivity contribution is 0.103. The SMILES string of the molecule is COc1ccc(I)cc1C(=O)c1cc(N)c(C)c(F)c1. The lowest BCUT2D eigenvalue weighted by atomic mass is 10.00. The van der Waals surface area contributed by atoms with Gasteiger partial charge in [-0.25, -0.2) is 4.39 Å². The lowest BCUT2D eigenvalue weighted by Gasteiger charge is -2.10. The number of ketones is 1. The van der Waals surface area contributed by atoms with Gasteiger partial charge in [0.1, 0.15) is 11.6 Å². The van der Waals surface area contributed by atoms with E-state index in [0.717, 1.165) is 3.57 Å². The molecular formula is C15H13FINO2. The van der Waals surface area contributed by atoms with Gasteiger partial charge in [0.05, 0.1) is 12.7 Å². The van der Waals surface area contributed by atoms with Crippen LogP contribution in [0.15, 0.2) is 30.3 Å². The second kappa shape index (κ2) is 5.78. The van der Waals surface area contributed by atoms with Crippen LogP contribution >= 0.6 is 22.6 Å². The number of benzene rings is 2. The Labute approximate surface area is 130 Å². The average Bonchev–Trinajstić information content (AvgIpc) is 2.43. The van der Waals surface area contributed by atoms with Gasteiger partial charge < -0.3 is 10.5 Å². The minimum absolute atomic E-state index is 0.214. The average molecular weight is 385 g/mol. The molecule has 0 saturated carbocycles. The molecule has 0 atom stereocenters. The van der Waals surface area contributed by atoms with Gasteiger partial charge in [-0.15, -0.1) is 0 Å². The van der Waals surface area contributed by atoms with Crippen molar-refractivity contribution < 1.29 is 13.9 Å². The molecule has 0 bridgehead atoms. The van der Waals surface area contributed by atoms with Crippen LogP contribution in [0.3, 0.4) is 0 Å². The van der Waals surface area contributed by atoms with Gasteiger partial charge in [-0.2, -0.15) is 0 Å². The molecule has 0 amide bonds. The summed E-state index contributed by atoms with van der Waals surface area (Å²) in [5, 5.41) is 0. The number of carbonyl (C=O) groups is 1. The Morgan fingerprint density at radius 1 is 1.30 bits per heavy atom. The third kappa shape index (κ3) is 2.77. The lowest BCUT2D eigenvalue weighted by Crippen LogP contribution is -2.07. The monoisotopic (exact) mass is 385 g/mol. The van der Waals surface area contributed by atoms with Gasteiger partial charge in [0.25, 0.3) is 0 Å². The summed E-state index contributed by atoms with van der Waals surface area (Å²) in [4.78, 5) is 12.5. The molecule has 104 valence electrons. The van der Waals surface area contributed by atoms with Crippen molar-refractivity contribution in [3.05, 3.63) is 56.4 Å². The van der Waals surface area contributed by atoms with Crippen molar-refractivity contribution in [2.24, 2.45) is 0 Å². The summed E-state index contributed by atoms with van der Waals surface area (Å²) in [6.07, 6.45) is 0. The van der Waals surface area contributed by atoms with Gasteiger partial charge in [-0.3, -0.25) is 4.79 Å². The molecule has 2 rings (SSSR count). The normalized spacial score (nSPS) is 10.4. The van der Waals surface area contributed by atoms with Crippen molar-refractivity contribution in [1.82, 2.24) is 0 Å². The number of hydrogen-bond donors (Lipinski definition) is 1. The number of nitrogen functional groups attached to an aromatic ring is 1. The highest BCUT2D eigenvalue weighted by Crippen LogP contribution is 2.26. The molecule has 0 saturated heterocycles. The molecule has 0 aliphatic carbocycles. The first-order valence-electron chi connectivity index (χ1n) is 5.88. The Bertz CT molecular complexity index is 663. The highest BCUT2D eigenvalue weighted by molar-refractivity contribution is 14.1. The van der Waals surface area contributed by atoms with E-state index in [9.17, 15) is 9.18 Å². The highest BCUT2D eigenvalue weighted by atomic mass is 127. The predicted octanol–water partition coefficient (Wildman–Crippen LogP) is 3.56. The summed E-state index contributed by atoms with van der Waals surface area (Å²) in [6.45, 7) is 1.57. The van der Waals surface area contributed by atoms with Crippen LogP contribution in [-0.4, -0.2) is 12.9 Å². The zero-order valence-corrected chi connectivity index (χ0v) is 13.2. The molecule has 0 heterocycles. The Hall–Kier alpha value is -1.63. The number of carbonyl (C=O) groups excluding carboxylic acids is 1.